The lowest BCUT2D eigenvalue weighted by Crippen LogP contribution is -2.40. The number of nitrogens with one attached hydrogen (secondary N) is 1. The van der Waals surface area contributed by atoms with E-state index in [9.17, 15) is 13.2 Å². The highest BCUT2D eigenvalue weighted by molar-refractivity contribution is 7.88. The molecule has 0 aromatic heterocycles. The number of carbonyl (C=O) groups excluding carboxylic acids is 1. The van der Waals surface area contributed by atoms with Crippen LogP contribution in [0.15, 0.2) is 0 Å². The van der Waals surface area contributed by atoms with Crippen LogP contribution in [0.1, 0.15) is 12.8 Å². The van der Waals surface area contributed by atoms with Crippen molar-refractivity contribution in [2.45, 2.75) is 18.9 Å². The smallest absolute Gasteiger partial charge is 0.235 e. The molecule has 0 bridgehead atoms. The zero-order valence-corrected chi connectivity index (χ0v) is 10.4. The van der Waals surface area contributed by atoms with Gasteiger partial charge >= 0.3 is 0 Å². The van der Waals surface area contributed by atoms with Crippen LogP contribution in [0.3, 0.4) is 0 Å². The first-order valence-electron chi connectivity index (χ1n) is 5.19. The van der Waals surface area contributed by atoms with Gasteiger partial charge in [0.2, 0.25) is 15.9 Å². The van der Waals surface area contributed by atoms with Crippen LogP contribution in [-0.2, 0) is 19.6 Å². The molecule has 0 spiro atoms. The summed E-state index contributed by atoms with van der Waals surface area (Å²) in [6, 6.07) is 0. The zero-order chi connectivity index (χ0) is 12.2. The Morgan fingerprint density at radius 2 is 2.25 bits per heavy atom. The van der Waals surface area contributed by atoms with Gasteiger partial charge in [0.05, 0.1) is 18.9 Å². The van der Waals surface area contributed by atoms with Gasteiger partial charge in [-0.15, -0.1) is 0 Å². The topological polar surface area (TPSA) is 75.7 Å². The molecule has 1 rings (SSSR count). The van der Waals surface area contributed by atoms with E-state index in [4.69, 9.17) is 4.74 Å². The number of nitrogens with zero attached hydrogens (tertiary/aromatic N) is 1. The van der Waals surface area contributed by atoms with Crippen LogP contribution in [0.4, 0.5) is 0 Å². The summed E-state index contributed by atoms with van der Waals surface area (Å²) >= 11 is 0. The molecule has 1 aliphatic rings. The van der Waals surface area contributed by atoms with Crippen LogP contribution in [0.5, 0.6) is 0 Å². The average Bonchev–Trinajstić information content (AvgIpc) is 2.65. The lowest BCUT2D eigenvalue weighted by molar-refractivity contribution is -0.121. The van der Waals surface area contributed by atoms with Gasteiger partial charge in [-0.05, 0) is 12.8 Å². The minimum atomic E-state index is -3.29. The summed E-state index contributed by atoms with van der Waals surface area (Å²) in [5.41, 5.74) is 0. The Kier molecular flexibility index (Phi) is 4.69. The maximum Gasteiger partial charge on any atom is 0.235 e. The molecule has 1 amide bonds. The Bertz CT molecular complexity index is 335. The van der Waals surface area contributed by atoms with Gasteiger partial charge in [0.1, 0.15) is 0 Å². The molecule has 0 aromatic rings. The van der Waals surface area contributed by atoms with Crippen LogP contribution in [-0.4, -0.2) is 57.7 Å². The predicted molar refractivity (Wildman–Crippen MR) is 59.5 cm³/mol. The van der Waals surface area contributed by atoms with E-state index in [0.717, 1.165) is 30.0 Å². The molecule has 94 valence electrons. The van der Waals surface area contributed by atoms with Crippen LogP contribution in [0.2, 0.25) is 0 Å². The number of hydrogen-bond donors (Lipinski definition) is 1. The van der Waals surface area contributed by atoms with Crippen molar-refractivity contribution in [2.75, 3.05) is 33.0 Å². The van der Waals surface area contributed by atoms with Crippen molar-refractivity contribution < 1.29 is 17.9 Å². The predicted octanol–water partition coefficient (Wildman–Crippen LogP) is -0.827. The van der Waals surface area contributed by atoms with E-state index in [-0.39, 0.29) is 18.6 Å². The first kappa shape index (κ1) is 13.4. The quantitative estimate of drug-likeness (QED) is 0.691. The molecule has 0 aromatic carbocycles. The number of amides is 1. The monoisotopic (exact) mass is 250 g/mol. The molecule has 7 heteroatoms. The maximum atomic E-state index is 11.4. The van der Waals surface area contributed by atoms with Crippen molar-refractivity contribution >= 4 is 15.9 Å². The molecule has 1 fully saturated rings. The third kappa shape index (κ3) is 4.46. The fourth-order valence-corrected chi connectivity index (χ4v) is 1.76. The lowest BCUT2D eigenvalue weighted by Gasteiger charge is -2.15. The molecule has 1 atom stereocenters. The van der Waals surface area contributed by atoms with E-state index in [1.54, 1.807) is 0 Å². The molecule has 1 heterocycles. The van der Waals surface area contributed by atoms with E-state index in [1.165, 1.54) is 7.05 Å². The second-order valence-electron chi connectivity index (χ2n) is 3.96. The van der Waals surface area contributed by atoms with E-state index < -0.39 is 10.0 Å². The molecule has 6 nitrogen and oxygen atoms in total. The molecular formula is C9H18N2O4S. The molecule has 0 saturated carbocycles. The van der Waals surface area contributed by atoms with Gasteiger partial charge in [-0.2, -0.15) is 4.31 Å². The van der Waals surface area contributed by atoms with Crippen molar-refractivity contribution in [1.82, 2.24) is 9.62 Å². The number of likely N-dealkylation sites (N-methyl/N-ethyl adjacent to an activating group) is 1. The van der Waals surface area contributed by atoms with E-state index in [2.05, 4.69) is 5.32 Å². The standard InChI is InChI=1S/C9H18N2O4S/c1-11(16(2,13)14)7-9(12)10-6-8-4-3-5-15-8/h8H,3-7H2,1-2H3,(H,10,12)/t8-/m1/s1. The van der Waals surface area contributed by atoms with Crippen molar-refractivity contribution in [3.63, 3.8) is 0 Å². The fraction of sp³-hybridized carbons (Fsp3) is 0.889. The normalized spacial score (nSPS) is 21.3. The average molecular weight is 250 g/mol. The Balaban J connectivity index is 2.25. The summed E-state index contributed by atoms with van der Waals surface area (Å²) in [7, 11) is -1.92. The first-order valence-corrected chi connectivity index (χ1v) is 7.04. The van der Waals surface area contributed by atoms with E-state index >= 15 is 0 Å². The van der Waals surface area contributed by atoms with Gasteiger partial charge in [-0.25, -0.2) is 8.42 Å². The Morgan fingerprint density at radius 1 is 1.56 bits per heavy atom. The minimum absolute atomic E-state index is 0.0764. The van der Waals surface area contributed by atoms with Crippen LogP contribution in [0, 0.1) is 0 Å². The minimum Gasteiger partial charge on any atom is -0.376 e. The van der Waals surface area contributed by atoms with Crippen molar-refractivity contribution in [2.24, 2.45) is 0 Å². The van der Waals surface area contributed by atoms with Crippen LogP contribution >= 0.6 is 0 Å². The molecule has 1 N–H and O–H groups in total. The van der Waals surface area contributed by atoms with Gasteiger partial charge in [0.25, 0.3) is 0 Å². The Labute approximate surface area is 96.0 Å². The number of hydrogen-bond acceptors (Lipinski definition) is 4. The molecule has 1 saturated heterocycles. The molecule has 0 aliphatic carbocycles. The summed E-state index contributed by atoms with van der Waals surface area (Å²) in [6.07, 6.45) is 3.11. The summed E-state index contributed by atoms with van der Waals surface area (Å²) in [5, 5.41) is 2.66. The largest absolute Gasteiger partial charge is 0.376 e. The number of carbonyl (C=O) groups is 1. The number of rotatable bonds is 5. The Morgan fingerprint density at radius 3 is 2.75 bits per heavy atom. The third-order valence-electron chi connectivity index (χ3n) is 2.48. The van der Waals surface area contributed by atoms with Gasteiger partial charge in [0, 0.05) is 20.2 Å². The number of sulfonamides is 1. The van der Waals surface area contributed by atoms with Crippen molar-refractivity contribution in [3.05, 3.63) is 0 Å². The highest BCUT2D eigenvalue weighted by atomic mass is 32.2. The second-order valence-corrected chi connectivity index (χ2v) is 6.05. The SMILES string of the molecule is CN(CC(=O)NC[C@H]1CCCO1)S(C)(=O)=O. The van der Waals surface area contributed by atoms with Crippen molar-refractivity contribution in [1.29, 1.82) is 0 Å². The molecule has 0 unspecified atom stereocenters. The third-order valence-corrected chi connectivity index (χ3v) is 3.74. The second kappa shape index (κ2) is 5.60. The first-order chi connectivity index (χ1) is 7.39. The van der Waals surface area contributed by atoms with Gasteiger partial charge in [0.15, 0.2) is 0 Å². The van der Waals surface area contributed by atoms with Gasteiger partial charge in [-0.3, -0.25) is 4.79 Å². The summed E-state index contributed by atoms with van der Waals surface area (Å²) < 4.78 is 28.4. The summed E-state index contributed by atoms with van der Waals surface area (Å²) in [4.78, 5) is 11.4. The molecule has 1 aliphatic heterocycles. The fourth-order valence-electron chi connectivity index (χ4n) is 1.41. The van der Waals surface area contributed by atoms with Gasteiger partial charge < -0.3 is 10.1 Å². The van der Waals surface area contributed by atoms with Gasteiger partial charge in [-0.1, -0.05) is 0 Å². The Hall–Kier alpha value is -0.660. The highest BCUT2D eigenvalue weighted by Gasteiger charge is 2.18. The zero-order valence-electron chi connectivity index (χ0n) is 9.60. The molecule has 0 radical (unpaired) electrons. The van der Waals surface area contributed by atoms with Crippen LogP contribution < -0.4 is 5.32 Å². The molecular weight excluding hydrogens is 232 g/mol. The van der Waals surface area contributed by atoms with E-state index in [1.807, 2.05) is 0 Å². The van der Waals surface area contributed by atoms with E-state index in [0.29, 0.717) is 6.54 Å². The molecule has 16 heavy (non-hydrogen) atoms. The lowest BCUT2D eigenvalue weighted by atomic mass is 10.2. The van der Waals surface area contributed by atoms with Crippen LogP contribution in [0.25, 0.3) is 0 Å². The number of ether oxygens (including phenoxy) is 1. The van der Waals surface area contributed by atoms with Crippen molar-refractivity contribution in [3.8, 4) is 0 Å². The summed E-state index contributed by atoms with van der Waals surface area (Å²) in [5.74, 6) is -0.302. The summed E-state index contributed by atoms with van der Waals surface area (Å²) in [6.45, 7) is 1.05. The highest BCUT2D eigenvalue weighted by Crippen LogP contribution is 2.10. The maximum absolute atomic E-state index is 11.4.